The third-order valence-electron chi connectivity index (χ3n) is 2.89. The zero-order valence-corrected chi connectivity index (χ0v) is 11.5. The fraction of sp³-hybridized carbons (Fsp3) is 0.200. The van der Waals surface area contributed by atoms with Gasteiger partial charge in [0, 0.05) is 11.6 Å². The molecule has 0 amide bonds. The Kier molecular flexibility index (Phi) is 5.07. The largest absolute Gasteiger partial charge is 0.434 e. The summed E-state index contributed by atoms with van der Waals surface area (Å²) in [4.78, 5) is 0. The summed E-state index contributed by atoms with van der Waals surface area (Å²) >= 11 is 6.16. The summed E-state index contributed by atoms with van der Waals surface area (Å²) in [7, 11) is 0. The van der Waals surface area contributed by atoms with E-state index in [9.17, 15) is 17.6 Å². The molecule has 0 spiro atoms. The molecule has 112 valence electrons. The van der Waals surface area contributed by atoms with E-state index in [0.717, 1.165) is 12.1 Å². The van der Waals surface area contributed by atoms with Gasteiger partial charge in [-0.15, -0.1) is 11.6 Å². The summed E-state index contributed by atoms with van der Waals surface area (Å²) in [6, 6.07) is 9.17. The summed E-state index contributed by atoms with van der Waals surface area (Å²) in [5.74, 6) is -1.48. The van der Waals surface area contributed by atoms with Crippen molar-refractivity contribution in [1.29, 1.82) is 0 Å². The second-order valence-corrected chi connectivity index (χ2v) is 4.85. The van der Waals surface area contributed by atoms with Crippen LogP contribution in [0.3, 0.4) is 0 Å². The summed E-state index contributed by atoms with van der Waals surface area (Å²) in [5.41, 5.74) is 0.520. The standard InChI is InChI=1S/C15H11ClF4O/c16-12(7-9-5-6-10(17)8-13(9)18)11-3-1-2-4-14(11)21-15(19)20/h1-6,8,12,15H,7H2. The minimum Gasteiger partial charge on any atom is -0.434 e. The summed E-state index contributed by atoms with van der Waals surface area (Å²) in [5, 5.41) is -0.778. The molecule has 0 fully saturated rings. The van der Waals surface area contributed by atoms with Crippen molar-refractivity contribution in [3.05, 3.63) is 65.2 Å². The van der Waals surface area contributed by atoms with Gasteiger partial charge in [0.2, 0.25) is 0 Å². The van der Waals surface area contributed by atoms with Crippen LogP contribution in [0.4, 0.5) is 17.6 Å². The molecule has 1 nitrogen and oxygen atoms in total. The van der Waals surface area contributed by atoms with Crippen molar-refractivity contribution in [2.45, 2.75) is 18.4 Å². The summed E-state index contributed by atoms with van der Waals surface area (Å²) < 4.78 is 55.5. The van der Waals surface area contributed by atoms with Gasteiger partial charge >= 0.3 is 6.61 Å². The molecule has 0 radical (unpaired) electrons. The maximum Gasteiger partial charge on any atom is 0.387 e. The molecule has 0 N–H and O–H groups in total. The molecule has 2 aromatic rings. The van der Waals surface area contributed by atoms with E-state index in [-0.39, 0.29) is 17.7 Å². The fourth-order valence-electron chi connectivity index (χ4n) is 1.93. The molecule has 21 heavy (non-hydrogen) atoms. The highest BCUT2D eigenvalue weighted by Gasteiger charge is 2.18. The molecule has 1 unspecified atom stereocenters. The molecular formula is C15H11ClF4O. The molecule has 0 saturated heterocycles. The number of hydrogen-bond acceptors (Lipinski definition) is 1. The van der Waals surface area contributed by atoms with E-state index >= 15 is 0 Å². The van der Waals surface area contributed by atoms with E-state index in [4.69, 9.17) is 11.6 Å². The van der Waals surface area contributed by atoms with Gasteiger partial charge in [-0.25, -0.2) is 8.78 Å². The minimum absolute atomic E-state index is 0.0251. The summed E-state index contributed by atoms with van der Waals surface area (Å²) in [6.07, 6.45) is 0.0251. The lowest BCUT2D eigenvalue weighted by Gasteiger charge is -2.15. The van der Waals surface area contributed by atoms with Crippen LogP contribution in [0.1, 0.15) is 16.5 Å². The van der Waals surface area contributed by atoms with E-state index in [2.05, 4.69) is 4.74 Å². The first-order valence-corrected chi connectivity index (χ1v) is 6.52. The van der Waals surface area contributed by atoms with Crippen LogP contribution >= 0.6 is 11.6 Å². The molecule has 0 heterocycles. The molecule has 0 aliphatic carbocycles. The lowest BCUT2D eigenvalue weighted by molar-refractivity contribution is -0.0504. The number of hydrogen-bond donors (Lipinski definition) is 0. The highest BCUT2D eigenvalue weighted by atomic mass is 35.5. The van der Waals surface area contributed by atoms with Gasteiger partial charge in [0.15, 0.2) is 0 Å². The van der Waals surface area contributed by atoms with Crippen molar-refractivity contribution in [2.24, 2.45) is 0 Å². The van der Waals surface area contributed by atoms with Crippen molar-refractivity contribution in [2.75, 3.05) is 0 Å². The van der Waals surface area contributed by atoms with Crippen LogP contribution in [0.2, 0.25) is 0 Å². The third-order valence-corrected chi connectivity index (χ3v) is 3.28. The van der Waals surface area contributed by atoms with Gasteiger partial charge in [-0.3, -0.25) is 0 Å². The second-order valence-electron chi connectivity index (χ2n) is 4.32. The van der Waals surface area contributed by atoms with Gasteiger partial charge in [-0.1, -0.05) is 24.3 Å². The Hall–Kier alpha value is -1.75. The first-order valence-electron chi connectivity index (χ1n) is 6.09. The molecule has 1 atom stereocenters. The number of para-hydroxylation sites is 1. The van der Waals surface area contributed by atoms with Crippen LogP contribution in [0.5, 0.6) is 5.75 Å². The monoisotopic (exact) mass is 318 g/mol. The predicted molar refractivity (Wildman–Crippen MR) is 71.7 cm³/mol. The van der Waals surface area contributed by atoms with E-state index in [1.165, 1.54) is 24.3 Å². The highest BCUT2D eigenvalue weighted by molar-refractivity contribution is 6.21. The Morgan fingerprint density at radius 3 is 2.43 bits per heavy atom. The maximum atomic E-state index is 13.6. The summed E-state index contributed by atoms with van der Waals surface area (Å²) in [6.45, 7) is -2.97. The predicted octanol–water partition coefficient (Wildman–Crippen LogP) is 5.09. The van der Waals surface area contributed by atoms with Gasteiger partial charge in [-0.2, -0.15) is 8.78 Å². The molecular weight excluding hydrogens is 308 g/mol. The average Bonchev–Trinajstić information content (AvgIpc) is 2.42. The van der Waals surface area contributed by atoms with Gasteiger partial charge in [0.25, 0.3) is 0 Å². The molecule has 2 aromatic carbocycles. The first-order chi connectivity index (χ1) is 9.97. The van der Waals surface area contributed by atoms with E-state index in [0.29, 0.717) is 5.56 Å². The Morgan fingerprint density at radius 1 is 1.05 bits per heavy atom. The minimum atomic E-state index is -2.97. The van der Waals surface area contributed by atoms with Gasteiger partial charge in [0.05, 0.1) is 5.38 Å². The normalized spacial score (nSPS) is 12.5. The van der Waals surface area contributed by atoms with Crippen LogP contribution in [0, 0.1) is 11.6 Å². The van der Waals surface area contributed by atoms with Crippen LogP contribution in [0.15, 0.2) is 42.5 Å². The van der Waals surface area contributed by atoms with Crippen LogP contribution in [-0.2, 0) is 6.42 Å². The maximum absolute atomic E-state index is 13.6. The average molecular weight is 319 g/mol. The van der Waals surface area contributed by atoms with E-state index < -0.39 is 23.6 Å². The Balaban J connectivity index is 2.22. The molecule has 2 rings (SSSR count). The number of ether oxygens (including phenoxy) is 1. The molecule has 0 aliphatic heterocycles. The molecule has 6 heteroatoms. The molecule has 0 saturated carbocycles. The smallest absolute Gasteiger partial charge is 0.387 e. The number of halogens is 5. The SMILES string of the molecule is Fc1ccc(CC(Cl)c2ccccc2OC(F)F)c(F)c1. The lowest BCUT2D eigenvalue weighted by atomic mass is 10.0. The zero-order chi connectivity index (χ0) is 15.4. The molecule has 0 aromatic heterocycles. The second kappa shape index (κ2) is 6.80. The van der Waals surface area contributed by atoms with Crippen LogP contribution < -0.4 is 4.74 Å². The Labute approximate surface area is 124 Å². The zero-order valence-electron chi connectivity index (χ0n) is 10.7. The molecule has 0 aliphatic rings. The van der Waals surface area contributed by atoms with Gasteiger partial charge < -0.3 is 4.74 Å². The van der Waals surface area contributed by atoms with Crippen LogP contribution in [-0.4, -0.2) is 6.61 Å². The molecule has 0 bridgehead atoms. The number of benzene rings is 2. The Bertz CT molecular complexity index is 618. The van der Waals surface area contributed by atoms with Gasteiger partial charge in [-0.05, 0) is 24.1 Å². The topological polar surface area (TPSA) is 9.23 Å². The van der Waals surface area contributed by atoms with Crippen molar-refractivity contribution in [1.82, 2.24) is 0 Å². The van der Waals surface area contributed by atoms with E-state index in [1.54, 1.807) is 6.07 Å². The fourth-order valence-corrected chi connectivity index (χ4v) is 2.28. The quantitative estimate of drug-likeness (QED) is 0.551. The van der Waals surface area contributed by atoms with Crippen molar-refractivity contribution in [3.63, 3.8) is 0 Å². The van der Waals surface area contributed by atoms with Crippen molar-refractivity contribution in [3.8, 4) is 5.75 Å². The van der Waals surface area contributed by atoms with Crippen molar-refractivity contribution >= 4 is 11.6 Å². The number of rotatable bonds is 5. The first kappa shape index (κ1) is 15.6. The van der Waals surface area contributed by atoms with Crippen molar-refractivity contribution < 1.29 is 22.3 Å². The highest BCUT2D eigenvalue weighted by Crippen LogP contribution is 2.33. The third kappa shape index (κ3) is 4.11. The van der Waals surface area contributed by atoms with Gasteiger partial charge in [0.1, 0.15) is 17.4 Å². The number of alkyl halides is 3. The lowest BCUT2D eigenvalue weighted by Crippen LogP contribution is -2.07. The van der Waals surface area contributed by atoms with Crippen LogP contribution in [0.25, 0.3) is 0 Å². The Morgan fingerprint density at radius 2 is 1.76 bits per heavy atom. The van der Waals surface area contributed by atoms with E-state index in [1.807, 2.05) is 0 Å².